The lowest BCUT2D eigenvalue weighted by Gasteiger charge is -2.20. The summed E-state index contributed by atoms with van der Waals surface area (Å²) in [5.74, 6) is 5.55. The molecule has 0 atom stereocenters. The molecule has 0 aliphatic rings. The number of carbonyl (C=O) groups is 1. The van der Waals surface area contributed by atoms with Gasteiger partial charge in [-0.15, -0.1) is 10.2 Å². The first-order chi connectivity index (χ1) is 8.22. The van der Waals surface area contributed by atoms with Crippen molar-refractivity contribution >= 4 is 11.7 Å². The number of nitrogens with zero attached hydrogens (tertiary/aromatic N) is 3. The van der Waals surface area contributed by atoms with E-state index >= 15 is 0 Å². The average molecular weight is 237 g/mol. The molecule has 0 aliphatic carbocycles. The summed E-state index contributed by atoms with van der Waals surface area (Å²) in [5.41, 5.74) is 2.73. The Labute approximate surface area is 101 Å². The molecule has 1 aromatic rings. The highest BCUT2D eigenvalue weighted by Crippen LogP contribution is 2.05. The summed E-state index contributed by atoms with van der Waals surface area (Å²) in [7, 11) is 0. The van der Waals surface area contributed by atoms with Crippen LogP contribution >= 0.6 is 0 Å². The molecule has 3 N–H and O–H groups in total. The van der Waals surface area contributed by atoms with E-state index in [4.69, 9.17) is 5.84 Å². The number of hydrogen-bond acceptors (Lipinski definition) is 5. The number of nitrogens with two attached hydrogens (primary N) is 1. The van der Waals surface area contributed by atoms with Crippen LogP contribution in [0, 0.1) is 0 Å². The zero-order valence-corrected chi connectivity index (χ0v) is 10.3. The largest absolute Gasteiger partial charge is 0.337 e. The molecule has 94 valence electrons. The lowest BCUT2D eigenvalue weighted by atomic mass is 10.3. The second-order valence-electron chi connectivity index (χ2n) is 3.74. The predicted octanol–water partition coefficient (Wildman–Crippen LogP) is 1.02. The van der Waals surface area contributed by atoms with Gasteiger partial charge in [0.25, 0.3) is 5.91 Å². The minimum Gasteiger partial charge on any atom is -0.337 e. The Morgan fingerprint density at radius 3 is 2.35 bits per heavy atom. The maximum absolute atomic E-state index is 12.1. The van der Waals surface area contributed by atoms with Gasteiger partial charge in [0.2, 0.25) is 0 Å². The van der Waals surface area contributed by atoms with Crippen molar-refractivity contribution < 1.29 is 4.79 Å². The van der Waals surface area contributed by atoms with Crippen LogP contribution < -0.4 is 11.3 Å². The number of hydrogen-bond donors (Lipinski definition) is 2. The maximum Gasteiger partial charge on any atom is 0.274 e. The lowest BCUT2D eigenvalue weighted by Crippen LogP contribution is -2.33. The second-order valence-corrected chi connectivity index (χ2v) is 3.74. The molecule has 1 aromatic heterocycles. The fourth-order valence-corrected chi connectivity index (χ4v) is 1.54. The number of hydrazine groups is 1. The first kappa shape index (κ1) is 13.4. The molecule has 0 saturated heterocycles. The number of rotatable bonds is 6. The third kappa shape index (κ3) is 3.67. The normalized spacial score (nSPS) is 10.1. The van der Waals surface area contributed by atoms with Crippen LogP contribution in [0.1, 0.15) is 37.2 Å². The molecular formula is C11H19N5O. The maximum atomic E-state index is 12.1. The Kier molecular flexibility index (Phi) is 5.35. The van der Waals surface area contributed by atoms with Gasteiger partial charge in [-0.25, -0.2) is 5.84 Å². The fraction of sp³-hybridized carbons (Fsp3) is 0.545. The molecule has 0 fully saturated rings. The van der Waals surface area contributed by atoms with Crippen LogP contribution in [0.5, 0.6) is 0 Å². The summed E-state index contributed by atoms with van der Waals surface area (Å²) in [4.78, 5) is 13.9. The molecule has 1 rings (SSSR count). The van der Waals surface area contributed by atoms with Gasteiger partial charge in [-0.1, -0.05) is 13.8 Å². The van der Waals surface area contributed by atoms with E-state index in [0.717, 1.165) is 25.9 Å². The summed E-state index contributed by atoms with van der Waals surface area (Å²) >= 11 is 0. The molecule has 1 amide bonds. The van der Waals surface area contributed by atoms with Crippen molar-refractivity contribution in [2.45, 2.75) is 26.7 Å². The van der Waals surface area contributed by atoms with Crippen LogP contribution in [0.15, 0.2) is 12.1 Å². The highest BCUT2D eigenvalue weighted by molar-refractivity contribution is 5.92. The van der Waals surface area contributed by atoms with Crippen molar-refractivity contribution in [3.05, 3.63) is 17.8 Å². The van der Waals surface area contributed by atoms with E-state index < -0.39 is 0 Å². The molecule has 1 heterocycles. The summed E-state index contributed by atoms with van der Waals surface area (Å²) in [6.07, 6.45) is 1.86. The zero-order valence-electron chi connectivity index (χ0n) is 10.3. The first-order valence-corrected chi connectivity index (χ1v) is 5.82. The highest BCUT2D eigenvalue weighted by atomic mass is 16.2. The van der Waals surface area contributed by atoms with Gasteiger partial charge in [-0.2, -0.15) is 0 Å². The van der Waals surface area contributed by atoms with Crippen molar-refractivity contribution in [1.29, 1.82) is 0 Å². The fourth-order valence-electron chi connectivity index (χ4n) is 1.54. The summed E-state index contributed by atoms with van der Waals surface area (Å²) < 4.78 is 0. The molecule has 0 unspecified atom stereocenters. The van der Waals surface area contributed by atoms with Crippen LogP contribution in [0.2, 0.25) is 0 Å². The molecule has 0 spiro atoms. The van der Waals surface area contributed by atoms with Crippen LogP contribution in [-0.4, -0.2) is 34.1 Å². The predicted molar refractivity (Wildman–Crippen MR) is 66.3 cm³/mol. The van der Waals surface area contributed by atoms with Crippen molar-refractivity contribution in [2.75, 3.05) is 18.5 Å². The SMILES string of the molecule is CCCN(CCC)C(=O)c1ccc(NN)nn1. The smallest absolute Gasteiger partial charge is 0.274 e. The van der Waals surface area contributed by atoms with E-state index in [1.165, 1.54) is 0 Å². The lowest BCUT2D eigenvalue weighted by molar-refractivity contribution is 0.0748. The molecule has 0 saturated carbocycles. The molecule has 0 aliphatic heterocycles. The van der Waals surface area contributed by atoms with Crippen LogP contribution in [-0.2, 0) is 0 Å². The van der Waals surface area contributed by atoms with E-state index in [0.29, 0.717) is 11.5 Å². The van der Waals surface area contributed by atoms with Gasteiger partial charge in [-0.05, 0) is 25.0 Å². The number of aromatic nitrogens is 2. The molecule has 17 heavy (non-hydrogen) atoms. The Morgan fingerprint density at radius 2 is 1.94 bits per heavy atom. The van der Waals surface area contributed by atoms with Crippen LogP contribution in [0.4, 0.5) is 5.82 Å². The van der Waals surface area contributed by atoms with E-state index in [-0.39, 0.29) is 5.91 Å². The third-order valence-electron chi connectivity index (χ3n) is 2.31. The molecule has 0 bridgehead atoms. The zero-order chi connectivity index (χ0) is 12.7. The molecule has 6 nitrogen and oxygen atoms in total. The number of carbonyl (C=O) groups excluding carboxylic acids is 1. The quantitative estimate of drug-likeness (QED) is 0.570. The number of amides is 1. The average Bonchev–Trinajstić information content (AvgIpc) is 2.38. The van der Waals surface area contributed by atoms with E-state index in [1.54, 1.807) is 17.0 Å². The van der Waals surface area contributed by atoms with Crippen LogP contribution in [0.3, 0.4) is 0 Å². The highest BCUT2D eigenvalue weighted by Gasteiger charge is 2.15. The number of nitrogen functional groups attached to an aromatic ring is 1. The van der Waals surface area contributed by atoms with E-state index in [9.17, 15) is 4.79 Å². The minimum absolute atomic E-state index is 0.0789. The van der Waals surface area contributed by atoms with Gasteiger partial charge < -0.3 is 10.3 Å². The van der Waals surface area contributed by atoms with Gasteiger partial charge in [0.05, 0.1) is 0 Å². The summed E-state index contributed by atoms with van der Waals surface area (Å²) in [6.45, 7) is 5.57. The number of nitrogens with one attached hydrogen (secondary N) is 1. The topological polar surface area (TPSA) is 84.1 Å². The van der Waals surface area contributed by atoms with Gasteiger partial charge in [0.1, 0.15) is 0 Å². The van der Waals surface area contributed by atoms with Crippen molar-refractivity contribution in [3.63, 3.8) is 0 Å². The van der Waals surface area contributed by atoms with E-state index in [2.05, 4.69) is 15.6 Å². The van der Waals surface area contributed by atoms with Gasteiger partial charge >= 0.3 is 0 Å². The molecular weight excluding hydrogens is 218 g/mol. The van der Waals surface area contributed by atoms with Crippen molar-refractivity contribution in [3.8, 4) is 0 Å². The van der Waals surface area contributed by atoms with Crippen molar-refractivity contribution in [1.82, 2.24) is 15.1 Å². The molecule has 6 heteroatoms. The first-order valence-electron chi connectivity index (χ1n) is 5.82. The number of anilines is 1. The third-order valence-corrected chi connectivity index (χ3v) is 2.31. The Balaban J connectivity index is 2.77. The molecule has 0 radical (unpaired) electrons. The van der Waals surface area contributed by atoms with Gasteiger partial charge in [0, 0.05) is 13.1 Å². The van der Waals surface area contributed by atoms with Crippen molar-refractivity contribution in [2.24, 2.45) is 5.84 Å². The molecule has 0 aromatic carbocycles. The van der Waals surface area contributed by atoms with Gasteiger partial charge in [0.15, 0.2) is 11.5 Å². The van der Waals surface area contributed by atoms with E-state index in [1.807, 2.05) is 13.8 Å². The standard InChI is InChI=1S/C11H19N5O/c1-3-7-16(8-4-2)11(17)9-5-6-10(13-12)15-14-9/h5-6H,3-4,7-8,12H2,1-2H3,(H,13,15). The minimum atomic E-state index is -0.0789. The Hall–Kier alpha value is -1.69. The second kappa shape index (κ2) is 6.80. The summed E-state index contributed by atoms with van der Waals surface area (Å²) in [6, 6.07) is 3.26. The van der Waals surface area contributed by atoms with Crippen LogP contribution in [0.25, 0.3) is 0 Å². The Bertz CT molecular complexity index is 345. The monoisotopic (exact) mass is 237 g/mol. The van der Waals surface area contributed by atoms with Gasteiger partial charge in [-0.3, -0.25) is 4.79 Å². The Morgan fingerprint density at radius 1 is 1.29 bits per heavy atom. The summed E-state index contributed by atoms with van der Waals surface area (Å²) in [5, 5.41) is 7.64.